The number of aromatic nitrogens is 1. The van der Waals surface area contributed by atoms with Gasteiger partial charge in [-0.05, 0) is 78.2 Å². The Morgan fingerprint density at radius 1 is 1.10 bits per heavy atom. The second kappa shape index (κ2) is 9.04. The highest BCUT2D eigenvalue weighted by molar-refractivity contribution is 9.10. The first-order chi connectivity index (χ1) is 14.2. The predicted molar refractivity (Wildman–Crippen MR) is 119 cm³/mol. The lowest BCUT2D eigenvalue weighted by atomic mass is 9.91. The van der Waals surface area contributed by atoms with E-state index in [4.69, 9.17) is 9.47 Å². The molecule has 2 aromatic carbocycles. The fourth-order valence-electron chi connectivity index (χ4n) is 4.18. The molecule has 1 aromatic heterocycles. The third kappa shape index (κ3) is 4.06. The SMILES string of the molecule is CCOC(=O)c1c(Br)c2ccccc2n1CCCOc1cccc2c1CCCC2. The molecule has 0 unspecified atom stereocenters. The van der Waals surface area contributed by atoms with Gasteiger partial charge in [-0.3, -0.25) is 0 Å². The molecular weight excluding hydrogens is 430 g/mol. The number of halogens is 1. The molecule has 3 aromatic rings. The summed E-state index contributed by atoms with van der Waals surface area (Å²) < 4.78 is 14.3. The third-order valence-corrected chi connectivity index (χ3v) is 6.32. The number of nitrogens with zero attached hydrogens (tertiary/aromatic N) is 1. The number of rotatable bonds is 7. The zero-order valence-electron chi connectivity index (χ0n) is 16.7. The van der Waals surface area contributed by atoms with Gasteiger partial charge in [-0.25, -0.2) is 4.79 Å². The Morgan fingerprint density at radius 2 is 1.93 bits per heavy atom. The molecule has 0 fully saturated rings. The molecule has 29 heavy (non-hydrogen) atoms. The number of fused-ring (bicyclic) bond motifs is 2. The molecule has 0 bridgehead atoms. The summed E-state index contributed by atoms with van der Waals surface area (Å²) in [6, 6.07) is 14.4. The number of hydrogen-bond acceptors (Lipinski definition) is 3. The minimum absolute atomic E-state index is 0.298. The highest BCUT2D eigenvalue weighted by Gasteiger charge is 2.22. The molecule has 0 saturated heterocycles. The number of aryl methyl sites for hydroxylation is 2. The Labute approximate surface area is 179 Å². The van der Waals surface area contributed by atoms with Gasteiger partial charge in [0, 0.05) is 17.4 Å². The Hall–Kier alpha value is -2.27. The number of carbonyl (C=O) groups is 1. The molecule has 0 N–H and O–H groups in total. The maximum absolute atomic E-state index is 12.6. The van der Waals surface area contributed by atoms with Gasteiger partial charge in [-0.15, -0.1) is 0 Å². The topological polar surface area (TPSA) is 40.5 Å². The molecule has 0 radical (unpaired) electrons. The maximum Gasteiger partial charge on any atom is 0.356 e. The molecule has 5 heteroatoms. The summed E-state index contributed by atoms with van der Waals surface area (Å²) in [5, 5.41) is 1.02. The Morgan fingerprint density at radius 3 is 2.79 bits per heavy atom. The van der Waals surface area contributed by atoms with Gasteiger partial charge < -0.3 is 14.0 Å². The van der Waals surface area contributed by atoms with Crippen LogP contribution < -0.4 is 4.74 Å². The van der Waals surface area contributed by atoms with E-state index >= 15 is 0 Å². The molecule has 0 spiro atoms. The number of para-hydroxylation sites is 1. The van der Waals surface area contributed by atoms with Crippen molar-refractivity contribution in [1.29, 1.82) is 0 Å². The monoisotopic (exact) mass is 455 g/mol. The molecule has 0 atom stereocenters. The quantitative estimate of drug-likeness (QED) is 0.327. The molecule has 4 rings (SSSR count). The van der Waals surface area contributed by atoms with Crippen molar-refractivity contribution < 1.29 is 14.3 Å². The second-order valence-corrected chi connectivity index (χ2v) is 8.15. The van der Waals surface area contributed by atoms with Crippen LogP contribution in [0.2, 0.25) is 0 Å². The van der Waals surface area contributed by atoms with E-state index in [9.17, 15) is 4.79 Å². The van der Waals surface area contributed by atoms with Crippen LogP contribution in [-0.4, -0.2) is 23.8 Å². The van der Waals surface area contributed by atoms with E-state index in [0.717, 1.165) is 40.4 Å². The van der Waals surface area contributed by atoms with Crippen molar-refractivity contribution in [2.75, 3.05) is 13.2 Å². The molecule has 152 valence electrons. The molecule has 4 nitrogen and oxygen atoms in total. The van der Waals surface area contributed by atoms with E-state index in [0.29, 0.717) is 25.5 Å². The van der Waals surface area contributed by atoms with Gasteiger partial charge in [-0.2, -0.15) is 0 Å². The van der Waals surface area contributed by atoms with Crippen LogP contribution in [0, 0.1) is 0 Å². The molecule has 0 amide bonds. The average Bonchev–Trinajstić information content (AvgIpc) is 3.03. The van der Waals surface area contributed by atoms with Crippen LogP contribution >= 0.6 is 15.9 Å². The van der Waals surface area contributed by atoms with Gasteiger partial charge >= 0.3 is 5.97 Å². The van der Waals surface area contributed by atoms with Crippen LogP contribution in [-0.2, 0) is 24.1 Å². The maximum atomic E-state index is 12.6. The summed E-state index contributed by atoms with van der Waals surface area (Å²) in [6.45, 7) is 3.49. The summed E-state index contributed by atoms with van der Waals surface area (Å²) in [4.78, 5) is 12.6. The highest BCUT2D eigenvalue weighted by atomic mass is 79.9. The van der Waals surface area contributed by atoms with Crippen LogP contribution in [0.25, 0.3) is 10.9 Å². The van der Waals surface area contributed by atoms with Gasteiger partial charge in [0.25, 0.3) is 0 Å². The largest absolute Gasteiger partial charge is 0.493 e. The summed E-state index contributed by atoms with van der Waals surface area (Å²) in [5.74, 6) is 0.722. The minimum atomic E-state index is -0.298. The first kappa shape index (κ1) is 20.0. The minimum Gasteiger partial charge on any atom is -0.493 e. The van der Waals surface area contributed by atoms with E-state index in [2.05, 4.69) is 34.1 Å². The van der Waals surface area contributed by atoms with Crippen LogP contribution in [0.3, 0.4) is 0 Å². The first-order valence-electron chi connectivity index (χ1n) is 10.4. The van der Waals surface area contributed by atoms with E-state index in [1.807, 2.05) is 35.8 Å². The van der Waals surface area contributed by atoms with Crippen LogP contribution in [0.15, 0.2) is 46.9 Å². The molecular formula is C24H26BrNO3. The summed E-state index contributed by atoms with van der Waals surface area (Å²) in [5.41, 5.74) is 4.41. The van der Waals surface area contributed by atoms with Crippen molar-refractivity contribution in [3.05, 3.63) is 63.8 Å². The Bertz CT molecular complexity index is 1020. The zero-order chi connectivity index (χ0) is 20.2. The van der Waals surface area contributed by atoms with Crippen LogP contribution in [0.4, 0.5) is 0 Å². The number of esters is 1. The van der Waals surface area contributed by atoms with E-state index < -0.39 is 0 Å². The molecule has 0 aliphatic heterocycles. The lowest BCUT2D eigenvalue weighted by Gasteiger charge is -2.19. The second-order valence-electron chi connectivity index (χ2n) is 7.35. The normalized spacial score (nSPS) is 13.3. The number of ether oxygens (including phenoxy) is 2. The number of benzene rings is 2. The van der Waals surface area contributed by atoms with Crippen molar-refractivity contribution in [3.8, 4) is 5.75 Å². The van der Waals surface area contributed by atoms with Crippen LogP contribution in [0.1, 0.15) is 47.8 Å². The fraction of sp³-hybridized carbons (Fsp3) is 0.375. The van der Waals surface area contributed by atoms with E-state index in [1.165, 1.54) is 24.0 Å². The van der Waals surface area contributed by atoms with E-state index in [-0.39, 0.29) is 5.97 Å². The van der Waals surface area contributed by atoms with Crippen molar-refractivity contribution in [3.63, 3.8) is 0 Å². The zero-order valence-corrected chi connectivity index (χ0v) is 18.3. The lowest BCUT2D eigenvalue weighted by Crippen LogP contribution is -2.14. The Balaban J connectivity index is 1.50. The number of hydrogen-bond donors (Lipinski definition) is 0. The number of carbonyl (C=O) groups excluding carboxylic acids is 1. The highest BCUT2D eigenvalue weighted by Crippen LogP contribution is 2.32. The molecule has 1 heterocycles. The van der Waals surface area contributed by atoms with Gasteiger partial charge in [-0.1, -0.05) is 30.3 Å². The van der Waals surface area contributed by atoms with Gasteiger partial charge in [0.15, 0.2) is 0 Å². The standard InChI is InChI=1S/C24H26BrNO3/c1-2-28-24(27)23-22(25)19-12-5-6-13-20(19)26(23)15-8-16-29-21-14-7-10-17-9-3-4-11-18(17)21/h5-7,10,12-14H,2-4,8-9,11,15-16H2,1H3. The van der Waals surface area contributed by atoms with Gasteiger partial charge in [0.2, 0.25) is 0 Å². The summed E-state index contributed by atoms with van der Waals surface area (Å²) >= 11 is 3.61. The summed E-state index contributed by atoms with van der Waals surface area (Å²) in [7, 11) is 0. The molecule has 0 saturated carbocycles. The lowest BCUT2D eigenvalue weighted by molar-refractivity contribution is 0.0512. The Kier molecular flexibility index (Phi) is 6.24. The molecule has 1 aliphatic carbocycles. The van der Waals surface area contributed by atoms with E-state index in [1.54, 1.807) is 0 Å². The van der Waals surface area contributed by atoms with Crippen LogP contribution in [0.5, 0.6) is 5.75 Å². The third-order valence-electron chi connectivity index (χ3n) is 5.51. The van der Waals surface area contributed by atoms with Gasteiger partial charge in [0.1, 0.15) is 11.4 Å². The van der Waals surface area contributed by atoms with Crippen molar-refractivity contribution in [2.45, 2.75) is 45.6 Å². The smallest absolute Gasteiger partial charge is 0.356 e. The average molecular weight is 456 g/mol. The van der Waals surface area contributed by atoms with Crippen molar-refractivity contribution in [1.82, 2.24) is 4.57 Å². The fourth-order valence-corrected chi connectivity index (χ4v) is 4.89. The van der Waals surface area contributed by atoms with Crippen molar-refractivity contribution >= 4 is 32.8 Å². The first-order valence-corrected chi connectivity index (χ1v) is 11.2. The van der Waals surface area contributed by atoms with Crippen molar-refractivity contribution in [2.24, 2.45) is 0 Å². The van der Waals surface area contributed by atoms with Gasteiger partial charge in [0.05, 0.1) is 17.7 Å². The summed E-state index contributed by atoms with van der Waals surface area (Å²) in [6.07, 6.45) is 5.57. The predicted octanol–water partition coefficient (Wildman–Crippen LogP) is 5.93. The molecule has 1 aliphatic rings.